The van der Waals surface area contributed by atoms with Crippen molar-refractivity contribution in [2.75, 3.05) is 26.2 Å². The second kappa shape index (κ2) is 8.58. The first-order chi connectivity index (χ1) is 14.9. The lowest BCUT2D eigenvalue weighted by molar-refractivity contribution is -0.930. The van der Waals surface area contributed by atoms with E-state index in [1.807, 2.05) is 10.7 Å². The Bertz CT molecular complexity index is 1020. The van der Waals surface area contributed by atoms with Crippen molar-refractivity contribution in [2.24, 2.45) is 0 Å². The lowest BCUT2D eigenvalue weighted by Gasteiger charge is -2.37. The molecule has 0 spiro atoms. The number of halogens is 1. The molecule has 31 heavy (non-hydrogen) atoms. The predicted molar refractivity (Wildman–Crippen MR) is 111 cm³/mol. The summed E-state index contributed by atoms with van der Waals surface area (Å²) in [6, 6.07) is 9.79. The van der Waals surface area contributed by atoms with E-state index in [0.29, 0.717) is 43.3 Å². The normalized spacial score (nSPS) is 16.5. The summed E-state index contributed by atoms with van der Waals surface area (Å²) in [5.41, 5.74) is 0.255. The molecule has 0 unspecified atom stereocenters. The number of piperazine rings is 1. The van der Waals surface area contributed by atoms with Crippen LogP contribution in [0.4, 0.5) is 4.39 Å². The Kier molecular flexibility index (Phi) is 5.86. The van der Waals surface area contributed by atoms with E-state index in [4.69, 9.17) is 4.42 Å². The van der Waals surface area contributed by atoms with Gasteiger partial charge in [-0.2, -0.15) is 0 Å². The number of aromatic nitrogens is 4. The minimum Gasteiger partial charge on any atom is -0.459 e. The lowest BCUT2D eigenvalue weighted by atomic mass is 9.98. The van der Waals surface area contributed by atoms with Crippen LogP contribution < -0.4 is 4.90 Å². The number of quaternary nitrogens is 1. The van der Waals surface area contributed by atoms with Crippen molar-refractivity contribution < 1.29 is 18.5 Å². The van der Waals surface area contributed by atoms with Crippen LogP contribution in [0.5, 0.6) is 0 Å². The SMILES string of the molecule is CCC(C)(C)n1nnnc1[C@@H](c1ccccc1F)[NH+]1CCN(C(=O)c2ccco2)CC1. The lowest BCUT2D eigenvalue weighted by Crippen LogP contribution is -3.15. The molecule has 0 aliphatic carbocycles. The molecule has 1 amide bonds. The third-order valence-corrected chi connectivity index (χ3v) is 6.24. The van der Waals surface area contributed by atoms with E-state index in [9.17, 15) is 9.18 Å². The number of rotatable bonds is 6. The Balaban J connectivity index is 1.64. The van der Waals surface area contributed by atoms with Crippen molar-refractivity contribution in [3.05, 3.63) is 65.6 Å². The zero-order valence-corrected chi connectivity index (χ0v) is 18.1. The highest BCUT2D eigenvalue weighted by Crippen LogP contribution is 2.26. The molecule has 9 heteroatoms. The molecule has 1 aromatic carbocycles. The molecule has 1 aliphatic rings. The number of tetrazole rings is 1. The van der Waals surface area contributed by atoms with E-state index in [1.54, 1.807) is 29.2 Å². The van der Waals surface area contributed by atoms with Gasteiger partial charge in [-0.1, -0.05) is 19.1 Å². The van der Waals surface area contributed by atoms with Gasteiger partial charge in [0.25, 0.3) is 5.91 Å². The summed E-state index contributed by atoms with van der Waals surface area (Å²) in [5.74, 6) is 0.571. The Morgan fingerprint density at radius 2 is 1.97 bits per heavy atom. The molecule has 3 heterocycles. The van der Waals surface area contributed by atoms with Crippen molar-refractivity contribution in [1.29, 1.82) is 0 Å². The van der Waals surface area contributed by atoms with Gasteiger partial charge in [-0.25, -0.2) is 9.07 Å². The predicted octanol–water partition coefficient (Wildman–Crippen LogP) is 1.68. The van der Waals surface area contributed by atoms with E-state index in [-0.39, 0.29) is 23.3 Å². The van der Waals surface area contributed by atoms with Gasteiger partial charge in [0, 0.05) is 0 Å². The average molecular weight is 428 g/mol. The first kappa shape index (κ1) is 21.2. The Morgan fingerprint density at radius 1 is 1.23 bits per heavy atom. The highest BCUT2D eigenvalue weighted by molar-refractivity contribution is 5.91. The number of amides is 1. The summed E-state index contributed by atoms with van der Waals surface area (Å²) in [5, 5.41) is 12.5. The highest BCUT2D eigenvalue weighted by Gasteiger charge is 2.39. The van der Waals surface area contributed by atoms with E-state index in [1.165, 1.54) is 12.3 Å². The van der Waals surface area contributed by atoms with Gasteiger partial charge >= 0.3 is 0 Å². The third kappa shape index (κ3) is 4.10. The first-order valence-electron chi connectivity index (χ1n) is 10.6. The number of carbonyl (C=O) groups excluding carboxylic acids is 1. The van der Waals surface area contributed by atoms with E-state index in [0.717, 1.165) is 11.3 Å². The van der Waals surface area contributed by atoms with Crippen LogP contribution in [0.2, 0.25) is 0 Å². The fourth-order valence-corrected chi connectivity index (χ4v) is 4.05. The Morgan fingerprint density at radius 3 is 2.61 bits per heavy atom. The number of nitrogens with one attached hydrogen (secondary N) is 1. The van der Waals surface area contributed by atoms with Gasteiger partial charge in [0.15, 0.2) is 11.8 Å². The van der Waals surface area contributed by atoms with Crippen molar-refractivity contribution >= 4 is 5.91 Å². The van der Waals surface area contributed by atoms with Gasteiger partial charge in [-0.15, -0.1) is 5.10 Å². The molecule has 0 bridgehead atoms. The molecule has 1 fully saturated rings. The number of furan rings is 1. The number of hydrogen-bond donors (Lipinski definition) is 1. The average Bonchev–Trinajstić information content (AvgIpc) is 3.48. The van der Waals surface area contributed by atoms with E-state index < -0.39 is 0 Å². The fourth-order valence-electron chi connectivity index (χ4n) is 4.05. The van der Waals surface area contributed by atoms with Crippen LogP contribution in [0.15, 0.2) is 47.1 Å². The van der Waals surface area contributed by atoms with Crippen LogP contribution in [0.25, 0.3) is 0 Å². The highest BCUT2D eigenvalue weighted by atomic mass is 19.1. The van der Waals surface area contributed by atoms with Crippen LogP contribution in [-0.2, 0) is 5.54 Å². The number of nitrogens with zero attached hydrogens (tertiary/aromatic N) is 5. The monoisotopic (exact) mass is 427 g/mol. The van der Waals surface area contributed by atoms with Crippen molar-refractivity contribution in [1.82, 2.24) is 25.1 Å². The van der Waals surface area contributed by atoms with Gasteiger partial charge in [-0.05, 0) is 55.0 Å². The minimum atomic E-state index is -0.372. The Hall–Kier alpha value is -3.07. The van der Waals surface area contributed by atoms with Gasteiger partial charge in [0.1, 0.15) is 5.82 Å². The maximum atomic E-state index is 14.9. The topological polar surface area (TPSA) is 81.5 Å². The fraction of sp³-hybridized carbons (Fsp3) is 0.455. The largest absolute Gasteiger partial charge is 0.459 e. The van der Waals surface area contributed by atoms with Crippen LogP contribution in [0.1, 0.15) is 55.2 Å². The molecule has 1 saturated heterocycles. The van der Waals surface area contributed by atoms with Gasteiger partial charge in [-0.3, -0.25) is 4.79 Å². The second-order valence-electron chi connectivity index (χ2n) is 8.50. The molecule has 0 saturated carbocycles. The Labute approximate surface area is 180 Å². The van der Waals surface area contributed by atoms with Crippen LogP contribution in [-0.4, -0.2) is 57.2 Å². The maximum absolute atomic E-state index is 14.9. The molecule has 1 atom stereocenters. The van der Waals surface area contributed by atoms with E-state index >= 15 is 0 Å². The summed E-state index contributed by atoms with van der Waals surface area (Å²) in [6.45, 7) is 8.59. The molecule has 164 valence electrons. The number of benzene rings is 1. The first-order valence-corrected chi connectivity index (χ1v) is 10.6. The van der Waals surface area contributed by atoms with Gasteiger partial charge in [0.2, 0.25) is 5.82 Å². The molecule has 1 N–H and O–H groups in total. The molecule has 2 aromatic heterocycles. The minimum absolute atomic E-state index is 0.122. The van der Waals surface area contributed by atoms with Crippen molar-refractivity contribution in [3.63, 3.8) is 0 Å². The van der Waals surface area contributed by atoms with Gasteiger partial charge in [0.05, 0.1) is 43.5 Å². The van der Waals surface area contributed by atoms with Crippen LogP contribution >= 0.6 is 0 Å². The quantitative estimate of drug-likeness (QED) is 0.647. The van der Waals surface area contributed by atoms with Crippen LogP contribution in [0, 0.1) is 5.82 Å². The summed E-state index contributed by atoms with van der Waals surface area (Å²) >= 11 is 0. The maximum Gasteiger partial charge on any atom is 0.289 e. The molecule has 3 aromatic rings. The summed E-state index contributed by atoms with van der Waals surface area (Å²) in [6.07, 6.45) is 2.33. The van der Waals surface area contributed by atoms with Gasteiger partial charge < -0.3 is 14.2 Å². The zero-order valence-electron chi connectivity index (χ0n) is 18.1. The molecular formula is C22H28FN6O2+. The second-order valence-corrected chi connectivity index (χ2v) is 8.50. The number of hydrogen-bond acceptors (Lipinski definition) is 5. The molecule has 8 nitrogen and oxygen atoms in total. The smallest absolute Gasteiger partial charge is 0.289 e. The molecule has 1 aliphatic heterocycles. The summed E-state index contributed by atoms with van der Waals surface area (Å²) < 4.78 is 22.0. The molecular weight excluding hydrogens is 399 g/mol. The summed E-state index contributed by atoms with van der Waals surface area (Å²) in [7, 11) is 0. The van der Waals surface area contributed by atoms with E-state index in [2.05, 4.69) is 36.3 Å². The van der Waals surface area contributed by atoms with Crippen molar-refractivity contribution in [3.8, 4) is 0 Å². The molecule has 4 rings (SSSR count). The number of carbonyl (C=O) groups is 1. The third-order valence-electron chi connectivity index (χ3n) is 6.24. The molecule has 0 radical (unpaired) electrons. The summed E-state index contributed by atoms with van der Waals surface area (Å²) in [4.78, 5) is 15.5. The van der Waals surface area contributed by atoms with Crippen LogP contribution in [0.3, 0.4) is 0 Å². The van der Waals surface area contributed by atoms with Crippen molar-refractivity contribution in [2.45, 2.75) is 38.8 Å². The zero-order chi connectivity index (χ0) is 22.0. The standard InChI is InChI=1S/C22H27FN6O2/c1-4-22(2,3)29-20(24-25-26-29)19(16-8-5-6-9-17(16)23)27-11-13-28(14-12-27)21(30)18-10-7-15-31-18/h5-10,15,19H,4,11-14H2,1-3H3/p+1/t19-/m1/s1.